The lowest BCUT2D eigenvalue weighted by molar-refractivity contribution is -0.137. The number of rotatable bonds is 4. The molecule has 3 rings (SSSR count). The van der Waals surface area contributed by atoms with Gasteiger partial charge in [0.15, 0.2) is 0 Å². The van der Waals surface area contributed by atoms with Crippen LogP contribution in [0.2, 0.25) is 0 Å². The van der Waals surface area contributed by atoms with Crippen LogP contribution in [-0.2, 0) is 26.1 Å². The first-order valence-corrected chi connectivity index (χ1v) is 8.30. The van der Waals surface area contributed by atoms with Gasteiger partial charge in [-0.05, 0) is 53.1 Å². The molecule has 8 heteroatoms. The number of aromatic nitrogens is 4. The molecule has 0 atom stereocenters. The molecule has 4 nitrogen and oxygen atoms in total. The van der Waals surface area contributed by atoms with Gasteiger partial charge in [-0.1, -0.05) is 12.1 Å². The normalized spacial score (nSPS) is 11.9. The number of hydrogen-bond acceptors (Lipinski definition) is 2. The van der Waals surface area contributed by atoms with Crippen molar-refractivity contribution in [2.24, 2.45) is 7.05 Å². The van der Waals surface area contributed by atoms with Crippen LogP contribution >= 0.6 is 22.6 Å². The molecule has 0 unspecified atom stereocenters. The average Bonchev–Trinajstić information content (AvgIpc) is 3.11. The summed E-state index contributed by atoms with van der Waals surface area (Å²) in [6.45, 7) is 0. The smallest absolute Gasteiger partial charge is 0.270 e. The lowest BCUT2D eigenvalue weighted by Gasteiger charge is -2.09. The molecule has 0 aliphatic rings. The van der Waals surface area contributed by atoms with Crippen molar-refractivity contribution in [3.63, 3.8) is 0 Å². The maximum atomic E-state index is 12.6. The Morgan fingerprint density at radius 3 is 2.33 bits per heavy atom. The van der Waals surface area contributed by atoms with Crippen molar-refractivity contribution in [1.82, 2.24) is 19.6 Å². The first-order valence-electron chi connectivity index (χ1n) is 7.22. The lowest BCUT2D eigenvalue weighted by atomic mass is 10.1. The monoisotopic (exact) mass is 446 g/mol. The summed E-state index contributed by atoms with van der Waals surface area (Å²) < 4.78 is 42.4. The van der Waals surface area contributed by atoms with Gasteiger partial charge in [0.25, 0.3) is 0 Å². The molecule has 0 spiro atoms. The second-order valence-corrected chi connectivity index (χ2v) is 6.64. The van der Waals surface area contributed by atoms with E-state index in [-0.39, 0.29) is 0 Å². The van der Waals surface area contributed by atoms with E-state index in [1.54, 1.807) is 21.8 Å². The molecule has 2 heterocycles. The Balaban J connectivity index is 1.77. The molecule has 0 N–H and O–H groups in total. The van der Waals surface area contributed by atoms with Gasteiger partial charge in [-0.2, -0.15) is 23.4 Å². The fraction of sp³-hybridized carbons (Fsp3) is 0.250. The Kier molecular flexibility index (Phi) is 4.66. The minimum Gasteiger partial charge on any atom is -0.270 e. The van der Waals surface area contributed by atoms with Crippen molar-refractivity contribution in [3.8, 4) is 5.69 Å². The van der Waals surface area contributed by atoms with Crippen LogP contribution in [0.15, 0.2) is 42.9 Å². The van der Waals surface area contributed by atoms with Crippen LogP contribution < -0.4 is 0 Å². The Bertz CT molecular complexity index is 834. The van der Waals surface area contributed by atoms with Crippen LogP contribution in [0.5, 0.6) is 0 Å². The van der Waals surface area contributed by atoms with Gasteiger partial charge in [0.1, 0.15) is 5.69 Å². The summed E-state index contributed by atoms with van der Waals surface area (Å²) in [6, 6.07) is 5.29. The van der Waals surface area contributed by atoms with E-state index in [1.807, 2.05) is 13.2 Å². The molecule has 0 amide bonds. The summed E-state index contributed by atoms with van der Waals surface area (Å²) in [6.07, 6.45) is 2.39. The van der Waals surface area contributed by atoms with Gasteiger partial charge in [-0.15, -0.1) is 0 Å². The zero-order valence-electron chi connectivity index (χ0n) is 12.8. The van der Waals surface area contributed by atoms with Crippen LogP contribution in [0, 0.1) is 3.57 Å². The summed E-state index contributed by atoms with van der Waals surface area (Å²) in [5.41, 5.74) is 2.09. The molecule has 0 saturated heterocycles. The summed E-state index contributed by atoms with van der Waals surface area (Å²) in [7, 11) is 1.85. The molecule has 0 aliphatic heterocycles. The lowest BCUT2D eigenvalue weighted by Crippen LogP contribution is -2.06. The Hall–Kier alpha value is -1.84. The summed E-state index contributed by atoms with van der Waals surface area (Å²) in [5.74, 6) is 0. The average molecular weight is 446 g/mol. The van der Waals surface area contributed by atoms with Crippen molar-refractivity contribution >= 4 is 22.6 Å². The third kappa shape index (κ3) is 3.63. The van der Waals surface area contributed by atoms with Gasteiger partial charge in [-0.25, -0.2) is 4.68 Å². The van der Waals surface area contributed by atoms with Gasteiger partial charge < -0.3 is 0 Å². The fourth-order valence-corrected chi connectivity index (χ4v) is 2.88. The van der Waals surface area contributed by atoms with Gasteiger partial charge >= 0.3 is 6.18 Å². The quantitative estimate of drug-likeness (QED) is 0.568. The molecule has 0 aliphatic carbocycles. The molecule has 0 saturated carbocycles. The van der Waals surface area contributed by atoms with E-state index in [0.717, 1.165) is 32.6 Å². The Morgan fingerprint density at radius 2 is 1.75 bits per heavy atom. The van der Waals surface area contributed by atoms with Gasteiger partial charge in [0.05, 0.1) is 27.2 Å². The summed E-state index contributed by atoms with van der Waals surface area (Å²) in [4.78, 5) is 0. The molecule has 0 bridgehead atoms. The van der Waals surface area contributed by atoms with Crippen LogP contribution in [0.3, 0.4) is 0 Å². The number of hydrogen-bond donors (Lipinski definition) is 0. The van der Waals surface area contributed by atoms with Crippen LogP contribution in [0.1, 0.15) is 16.8 Å². The van der Waals surface area contributed by atoms with Crippen LogP contribution in [0.4, 0.5) is 13.2 Å². The van der Waals surface area contributed by atoms with Crippen molar-refractivity contribution in [2.45, 2.75) is 19.0 Å². The molecular formula is C16H14F3IN4. The van der Waals surface area contributed by atoms with Crippen LogP contribution in [-0.4, -0.2) is 19.6 Å². The largest absolute Gasteiger partial charge is 0.416 e. The highest BCUT2D eigenvalue weighted by atomic mass is 127. The van der Waals surface area contributed by atoms with E-state index in [1.165, 1.54) is 12.1 Å². The van der Waals surface area contributed by atoms with E-state index in [2.05, 4.69) is 32.8 Å². The number of benzene rings is 1. The van der Waals surface area contributed by atoms with Gasteiger partial charge in [0, 0.05) is 13.2 Å². The molecule has 3 aromatic rings. The van der Waals surface area contributed by atoms with Crippen molar-refractivity contribution in [3.05, 3.63) is 63.2 Å². The molecule has 0 radical (unpaired) electrons. The number of halogens is 4. The Labute approximate surface area is 150 Å². The zero-order valence-corrected chi connectivity index (χ0v) is 14.9. The first-order chi connectivity index (χ1) is 11.3. The second kappa shape index (κ2) is 6.58. The van der Waals surface area contributed by atoms with E-state index in [0.29, 0.717) is 12.8 Å². The highest BCUT2D eigenvalue weighted by molar-refractivity contribution is 14.1. The first kappa shape index (κ1) is 17.0. The van der Waals surface area contributed by atoms with Crippen LogP contribution in [0.25, 0.3) is 5.69 Å². The predicted octanol–water partition coefficient (Wildman–Crippen LogP) is 4.01. The third-order valence-corrected chi connectivity index (χ3v) is 4.33. The number of alkyl halides is 3. The third-order valence-electron chi connectivity index (χ3n) is 3.77. The maximum Gasteiger partial charge on any atom is 0.416 e. The maximum absolute atomic E-state index is 12.6. The van der Waals surface area contributed by atoms with E-state index in [9.17, 15) is 13.2 Å². The molecule has 2 aromatic heterocycles. The molecular weight excluding hydrogens is 432 g/mol. The SMILES string of the molecule is Cn1ncc(-n2cc(I)cn2)c1CCc1ccc(C(F)(F)F)cc1. The Morgan fingerprint density at radius 1 is 1.04 bits per heavy atom. The van der Waals surface area contributed by atoms with Gasteiger partial charge in [0.2, 0.25) is 0 Å². The number of aryl methyl sites for hydroxylation is 2. The minimum atomic E-state index is -4.30. The van der Waals surface area contributed by atoms with Crippen molar-refractivity contribution in [1.29, 1.82) is 0 Å². The molecule has 24 heavy (non-hydrogen) atoms. The van der Waals surface area contributed by atoms with E-state index in [4.69, 9.17) is 0 Å². The summed E-state index contributed by atoms with van der Waals surface area (Å²) >= 11 is 2.18. The highest BCUT2D eigenvalue weighted by Gasteiger charge is 2.29. The van der Waals surface area contributed by atoms with Gasteiger partial charge in [-0.3, -0.25) is 4.68 Å². The molecule has 126 valence electrons. The zero-order chi connectivity index (χ0) is 17.3. The van der Waals surface area contributed by atoms with Crippen molar-refractivity contribution < 1.29 is 13.2 Å². The van der Waals surface area contributed by atoms with Crippen molar-refractivity contribution in [2.75, 3.05) is 0 Å². The highest BCUT2D eigenvalue weighted by Crippen LogP contribution is 2.29. The van der Waals surface area contributed by atoms with E-state index < -0.39 is 11.7 Å². The summed E-state index contributed by atoms with van der Waals surface area (Å²) in [5, 5.41) is 8.55. The predicted molar refractivity (Wildman–Crippen MR) is 91.9 cm³/mol. The number of nitrogens with zero attached hydrogens (tertiary/aromatic N) is 4. The topological polar surface area (TPSA) is 35.6 Å². The minimum absolute atomic E-state index is 0.626. The second-order valence-electron chi connectivity index (χ2n) is 5.40. The van der Waals surface area contributed by atoms with E-state index >= 15 is 0 Å². The standard InChI is InChI=1S/C16H14F3IN4/c1-23-14(15(9-21-23)24-10-13(20)8-22-24)7-4-11-2-5-12(6-3-11)16(17,18)19/h2-3,5-6,8-10H,4,7H2,1H3. The fourth-order valence-electron chi connectivity index (χ4n) is 2.49. The molecule has 0 fully saturated rings. The molecule has 1 aromatic carbocycles.